The zero-order chi connectivity index (χ0) is 21.3. The lowest BCUT2D eigenvalue weighted by Gasteiger charge is -2.24. The summed E-state index contributed by atoms with van der Waals surface area (Å²) in [5.41, 5.74) is 6.03. The van der Waals surface area contributed by atoms with Crippen LogP contribution in [0.2, 0.25) is 0 Å². The Bertz CT molecular complexity index is 1070. The van der Waals surface area contributed by atoms with E-state index in [1.165, 1.54) is 12.1 Å². The number of rotatable bonds is 5. The number of hydrogen-bond donors (Lipinski definition) is 0. The topological polar surface area (TPSA) is 42.6 Å². The number of halogens is 3. The number of aryl methyl sites for hydroxylation is 2. The lowest BCUT2D eigenvalue weighted by Crippen LogP contribution is -2.26. The van der Waals surface area contributed by atoms with Crippen molar-refractivity contribution in [1.82, 2.24) is 14.8 Å². The van der Waals surface area contributed by atoms with E-state index in [4.69, 9.17) is 0 Å². The Morgan fingerprint density at radius 3 is 2.37 bits per heavy atom. The van der Waals surface area contributed by atoms with E-state index in [1.54, 1.807) is 12.1 Å². The van der Waals surface area contributed by atoms with Gasteiger partial charge in [0.15, 0.2) is 0 Å². The van der Waals surface area contributed by atoms with Crippen LogP contribution in [0.5, 0.6) is 5.75 Å². The van der Waals surface area contributed by atoms with Crippen LogP contribution in [0.25, 0.3) is 11.1 Å². The molecule has 0 saturated heterocycles. The highest BCUT2D eigenvalue weighted by Crippen LogP contribution is 2.28. The van der Waals surface area contributed by atoms with Gasteiger partial charge in [-0.2, -0.15) is 10.2 Å². The highest BCUT2D eigenvalue weighted by Gasteiger charge is 2.31. The SMILES string of the molecule is Cc1cc(C)n(CCN2Cc3cc(-c4ccc(OC(F)(F)F)cc4)ccc3C=N2)n1. The third-order valence-electron chi connectivity index (χ3n) is 4.95. The van der Waals surface area contributed by atoms with Gasteiger partial charge in [-0.1, -0.05) is 24.3 Å². The predicted octanol–water partition coefficient (Wildman–Crippen LogP) is 4.92. The summed E-state index contributed by atoms with van der Waals surface area (Å²) in [6.07, 6.45) is -2.85. The van der Waals surface area contributed by atoms with Crippen molar-refractivity contribution in [2.75, 3.05) is 6.54 Å². The van der Waals surface area contributed by atoms with Gasteiger partial charge in [0.25, 0.3) is 0 Å². The average Bonchev–Trinajstić information content (AvgIpc) is 3.02. The van der Waals surface area contributed by atoms with Crippen LogP contribution in [0, 0.1) is 13.8 Å². The molecule has 0 atom stereocenters. The lowest BCUT2D eigenvalue weighted by atomic mass is 9.98. The highest BCUT2D eigenvalue weighted by molar-refractivity contribution is 5.84. The number of aromatic nitrogens is 2. The molecule has 0 bridgehead atoms. The molecule has 0 unspecified atom stereocenters. The summed E-state index contributed by atoms with van der Waals surface area (Å²) < 4.78 is 42.9. The van der Waals surface area contributed by atoms with E-state index in [1.807, 2.05) is 48.0 Å². The molecule has 0 aliphatic carbocycles. The van der Waals surface area contributed by atoms with E-state index in [2.05, 4.69) is 21.0 Å². The summed E-state index contributed by atoms with van der Waals surface area (Å²) in [5, 5.41) is 11.0. The second kappa shape index (κ2) is 7.85. The third-order valence-corrected chi connectivity index (χ3v) is 4.95. The fourth-order valence-electron chi connectivity index (χ4n) is 3.53. The Labute approximate surface area is 172 Å². The molecule has 4 rings (SSSR count). The minimum Gasteiger partial charge on any atom is -0.406 e. The maximum Gasteiger partial charge on any atom is 0.573 e. The first-order valence-corrected chi connectivity index (χ1v) is 9.56. The van der Waals surface area contributed by atoms with Crippen molar-refractivity contribution in [3.63, 3.8) is 0 Å². The molecule has 0 radical (unpaired) electrons. The molecule has 0 fully saturated rings. The predicted molar refractivity (Wildman–Crippen MR) is 108 cm³/mol. The molecular formula is C22H21F3N4O. The molecule has 0 N–H and O–H groups in total. The molecule has 1 aromatic heterocycles. The monoisotopic (exact) mass is 414 g/mol. The molecule has 2 heterocycles. The Morgan fingerprint density at radius 2 is 1.70 bits per heavy atom. The maximum absolute atomic E-state index is 12.3. The van der Waals surface area contributed by atoms with Gasteiger partial charge in [-0.15, -0.1) is 13.2 Å². The Kier molecular flexibility index (Phi) is 5.24. The van der Waals surface area contributed by atoms with Crippen molar-refractivity contribution in [3.8, 4) is 16.9 Å². The lowest BCUT2D eigenvalue weighted by molar-refractivity contribution is -0.274. The van der Waals surface area contributed by atoms with Gasteiger partial charge in [-0.05, 0) is 60.4 Å². The average molecular weight is 414 g/mol. The molecule has 5 nitrogen and oxygen atoms in total. The molecule has 1 aliphatic rings. The zero-order valence-corrected chi connectivity index (χ0v) is 16.6. The van der Waals surface area contributed by atoms with Gasteiger partial charge in [0.1, 0.15) is 5.75 Å². The van der Waals surface area contributed by atoms with Crippen molar-refractivity contribution in [1.29, 1.82) is 0 Å². The largest absolute Gasteiger partial charge is 0.573 e. The molecule has 3 aromatic rings. The van der Waals surface area contributed by atoms with Crippen molar-refractivity contribution in [2.24, 2.45) is 5.10 Å². The number of nitrogens with zero attached hydrogens (tertiary/aromatic N) is 4. The zero-order valence-electron chi connectivity index (χ0n) is 16.6. The van der Waals surface area contributed by atoms with Crippen LogP contribution < -0.4 is 4.74 Å². The first-order valence-electron chi connectivity index (χ1n) is 9.56. The van der Waals surface area contributed by atoms with Gasteiger partial charge in [-0.25, -0.2) is 0 Å². The smallest absolute Gasteiger partial charge is 0.406 e. The van der Waals surface area contributed by atoms with Gasteiger partial charge >= 0.3 is 6.36 Å². The second-order valence-corrected chi connectivity index (χ2v) is 7.27. The molecule has 1 aliphatic heterocycles. The molecule has 30 heavy (non-hydrogen) atoms. The van der Waals surface area contributed by atoms with E-state index in [-0.39, 0.29) is 5.75 Å². The van der Waals surface area contributed by atoms with Gasteiger partial charge in [0.2, 0.25) is 0 Å². The first kappa shape index (κ1) is 20.0. The number of fused-ring (bicyclic) bond motifs is 1. The minimum absolute atomic E-state index is 0.230. The van der Waals surface area contributed by atoms with Gasteiger partial charge in [0, 0.05) is 5.69 Å². The van der Waals surface area contributed by atoms with E-state index >= 15 is 0 Å². The van der Waals surface area contributed by atoms with Crippen LogP contribution in [0.3, 0.4) is 0 Å². The molecule has 8 heteroatoms. The van der Waals surface area contributed by atoms with Crippen LogP contribution in [0.4, 0.5) is 13.2 Å². The van der Waals surface area contributed by atoms with Crippen LogP contribution in [-0.4, -0.2) is 33.9 Å². The fraction of sp³-hybridized carbons (Fsp3) is 0.273. The summed E-state index contributed by atoms with van der Waals surface area (Å²) in [7, 11) is 0. The summed E-state index contributed by atoms with van der Waals surface area (Å²) in [6, 6.07) is 13.9. The molecule has 2 aromatic carbocycles. The molecule has 156 valence electrons. The van der Waals surface area contributed by atoms with Crippen LogP contribution in [-0.2, 0) is 13.1 Å². The normalized spacial score (nSPS) is 13.4. The number of ether oxygens (including phenoxy) is 1. The number of alkyl halides is 3. The van der Waals surface area contributed by atoms with E-state index in [9.17, 15) is 13.2 Å². The summed E-state index contributed by atoms with van der Waals surface area (Å²) >= 11 is 0. The Balaban J connectivity index is 1.46. The second-order valence-electron chi connectivity index (χ2n) is 7.27. The molecule has 0 amide bonds. The van der Waals surface area contributed by atoms with Gasteiger partial charge in [-0.3, -0.25) is 9.69 Å². The number of benzene rings is 2. The standard InChI is InChI=1S/C22H21F3N4O/c1-15-11-16(2)29(27-15)10-9-28-14-20-12-18(3-4-19(20)13-26-28)17-5-7-21(8-6-17)30-22(23,24)25/h3-8,11-13H,9-10,14H2,1-2H3. The van der Waals surface area contributed by atoms with Crippen LogP contribution in [0.1, 0.15) is 22.5 Å². The molecule has 0 spiro atoms. The van der Waals surface area contributed by atoms with Crippen LogP contribution in [0.15, 0.2) is 53.6 Å². The van der Waals surface area contributed by atoms with E-state index in [0.717, 1.165) is 46.7 Å². The Morgan fingerprint density at radius 1 is 0.967 bits per heavy atom. The first-order chi connectivity index (χ1) is 14.3. The van der Waals surface area contributed by atoms with Gasteiger partial charge < -0.3 is 4.74 Å². The third kappa shape index (κ3) is 4.64. The van der Waals surface area contributed by atoms with Crippen molar-refractivity contribution in [2.45, 2.75) is 33.3 Å². The quantitative estimate of drug-likeness (QED) is 0.596. The Hall–Kier alpha value is -3.29. The molecular weight excluding hydrogens is 393 g/mol. The number of hydrogen-bond acceptors (Lipinski definition) is 4. The van der Waals surface area contributed by atoms with Crippen molar-refractivity contribution >= 4 is 6.21 Å². The summed E-state index contributed by atoms with van der Waals surface area (Å²) in [4.78, 5) is 0. The maximum atomic E-state index is 12.3. The van der Waals surface area contributed by atoms with Crippen molar-refractivity contribution in [3.05, 3.63) is 71.0 Å². The minimum atomic E-state index is -4.69. The van der Waals surface area contributed by atoms with Crippen LogP contribution >= 0.6 is 0 Å². The summed E-state index contributed by atoms with van der Waals surface area (Å²) in [6.45, 7) is 6.14. The number of hydrazone groups is 1. The summed E-state index contributed by atoms with van der Waals surface area (Å²) in [5.74, 6) is -0.230. The van der Waals surface area contributed by atoms with E-state index < -0.39 is 6.36 Å². The molecule has 0 saturated carbocycles. The highest BCUT2D eigenvalue weighted by atomic mass is 19.4. The van der Waals surface area contributed by atoms with E-state index in [0.29, 0.717) is 6.54 Å². The van der Waals surface area contributed by atoms with Gasteiger partial charge in [0.05, 0.1) is 31.5 Å². The fourth-order valence-corrected chi connectivity index (χ4v) is 3.53. The van der Waals surface area contributed by atoms with Crippen molar-refractivity contribution < 1.29 is 17.9 Å².